The number of hydrogen-bond acceptors (Lipinski definition) is 4. The van der Waals surface area contributed by atoms with Gasteiger partial charge in [-0.2, -0.15) is 0 Å². The molecule has 2 aromatic rings. The minimum Gasteiger partial charge on any atom is -0.397 e. The third-order valence-corrected chi connectivity index (χ3v) is 8.11. The van der Waals surface area contributed by atoms with E-state index in [1.54, 1.807) is 0 Å². The van der Waals surface area contributed by atoms with Crippen LogP contribution in [0.4, 0.5) is 5.69 Å². The fourth-order valence-electron chi connectivity index (χ4n) is 5.83. The van der Waals surface area contributed by atoms with Crippen molar-refractivity contribution in [3.8, 4) is 0 Å². The molecule has 2 aromatic heterocycles. The molecular formula is C21H27N3OS. The second kappa shape index (κ2) is 5.22. The maximum Gasteiger partial charge on any atom is 0.266 e. The molecular weight excluding hydrogens is 342 g/mol. The van der Waals surface area contributed by atoms with Gasteiger partial charge in [0.15, 0.2) is 0 Å². The number of pyridine rings is 1. The van der Waals surface area contributed by atoms with E-state index in [9.17, 15) is 4.79 Å². The molecule has 138 valence electrons. The first-order chi connectivity index (χ1) is 12.3. The SMILES string of the molecule is CC12CCN(C(=O)c3sc4nc5c(cc4c3N)CCC5)C(C1)C(C)(C)C2. The summed E-state index contributed by atoms with van der Waals surface area (Å²) >= 11 is 1.49. The quantitative estimate of drug-likeness (QED) is 0.810. The van der Waals surface area contributed by atoms with E-state index in [2.05, 4.69) is 31.7 Å². The molecule has 0 radical (unpaired) electrons. The normalized spacial score (nSPS) is 29.3. The van der Waals surface area contributed by atoms with Crippen molar-refractivity contribution in [1.29, 1.82) is 0 Å². The van der Waals surface area contributed by atoms with Gasteiger partial charge in [-0.05, 0) is 61.0 Å². The second-order valence-corrected chi connectivity index (χ2v) is 10.6. The van der Waals surface area contributed by atoms with Crippen molar-refractivity contribution in [2.45, 2.75) is 65.3 Å². The number of aryl methyl sites for hydroxylation is 2. The topological polar surface area (TPSA) is 59.2 Å². The van der Waals surface area contributed by atoms with Crippen molar-refractivity contribution >= 4 is 33.1 Å². The summed E-state index contributed by atoms with van der Waals surface area (Å²) in [7, 11) is 0. The molecule has 2 N–H and O–H groups in total. The number of rotatable bonds is 1. The van der Waals surface area contributed by atoms with Gasteiger partial charge in [0.2, 0.25) is 0 Å². The summed E-state index contributed by atoms with van der Waals surface area (Å²) in [4.78, 5) is 22.0. The van der Waals surface area contributed by atoms with Crippen molar-refractivity contribution in [3.05, 3.63) is 22.2 Å². The number of amides is 1. The van der Waals surface area contributed by atoms with Crippen LogP contribution in [0.2, 0.25) is 0 Å². The number of nitrogens with zero attached hydrogens (tertiary/aromatic N) is 2. The number of nitrogens with two attached hydrogens (primary N) is 1. The fraction of sp³-hybridized carbons (Fsp3) is 0.619. The predicted molar refractivity (Wildman–Crippen MR) is 107 cm³/mol. The second-order valence-electron chi connectivity index (χ2n) is 9.59. The van der Waals surface area contributed by atoms with Gasteiger partial charge in [0.1, 0.15) is 9.71 Å². The van der Waals surface area contributed by atoms with Crippen LogP contribution >= 0.6 is 11.3 Å². The number of anilines is 1. The zero-order valence-corrected chi connectivity index (χ0v) is 16.7. The van der Waals surface area contributed by atoms with Crippen LogP contribution in [0.5, 0.6) is 0 Å². The minimum atomic E-state index is 0.118. The third kappa shape index (κ3) is 2.25. The summed E-state index contributed by atoms with van der Waals surface area (Å²) in [6, 6.07) is 2.50. The van der Waals surface area contributed by atoms with E-state index in [4.69, 9.17) is 10.7 Å². The lowest BCUT2D eigenvalue weighted by Crippen LogP contribution is -2.48. The number of piperidine rings is 1. The Hall–Kier alpha value is -1.62. The first-order valence-electron chi connectivity index (χ1n) is 9.79. The zero-order chi connectivity index (χ0) is 18.3. The van der Waals surface area contributed by atoms with E-state index >= 15 is 0 Å². The van der Waals surface area contributed by atoms with E-state index in [1.807, 2.05) is 0 Å². The Morgan fingerprint density at radius 2 is 2.15 bits per heavy atom. The maximum absolute atomic E-state index is 13.5. The van der Waals surface area contributed by atoms with Crippen LogP contribution in [0.3, 0.4) is 0 Å². The Labute approximate surface area is 158 Å². The standard InChI is InChI=1S/C21H27N3OS/c1-20(2)11-21(3)7-8-24(15(20)10-21)19(25)17-16(22)13-9-12-5-4-6-14(12)23-18(13)26-17/h9,15H,4-8,10-11,22H2,1-3H3. The molecule has 26 heavy (non-hydrogen) atoms. The Morgan fingerprint density at radius 1 is 1.35 bits per heavy atom. The zero-order valence-electron chi connectivity index (χ0n) is 15.9. The molecule has 5 heteroatoms. The summed E-state index contributed by atoms with van der Waals surface area (Å²) in [5.41, 5.74) is 10.2. The van der Waals surface area contributed by atoms with Gasteiger partial charge in [0, 0.05) is 23.7 Å². The van der Waals surface area contributed by atoms with Crippen LogP contribution in [0.1, 0.15) is 67.4 Å². The first kappa shape index (κ1) is 16.5. The van der Waals surface area contributed by atoms with E-state index in [1.165, 1.54) is 35.4 Å². The first-order valence-corrected chi connectivity index (χ1v) is 10.6. The molecule has 1 aliphatic heterocycles. The van der Waals surface area contributed by atoms with E-state index in [-0.39, 0.29) is 11.3 Å². The van der Waals surface area contributed by atoms with Gasteiger partial charge < -0.3 is 10.6 Å². The summed E-state index contributed by atoms with van der Waals surface area (Å²) in [5, 5.41) is 0.978. The lowest BCUT2D eigenvalue weighted by atomic mass is 9.81. The highest BCUT2D eigenvalue weighted by molar-refractivity contribution is 7.21. The molecule has 1 saturated heterocycles. The highest BCUT2D eigenvalue weighted by atomic mass is 32.1. The van der Waals surface area contributed by atoms with Gasteiger partial charge in [-0.25, -0.2) is 4.98 Å². The lowest BCUT2D eigenvalue weighted by molar-refractivity contribution is 0.0480. The average molecular weight is 370 g/mol. The molecule has 1 amide bonds. The van der Waals surface area contributed by atoms with Gasteiger partial charge >= 0.3 is 0 Å². The summed E-state index contributed by atoms with van der Waals surface area (Å²) < 4.78 is 0. The number of carbonyl (C=O) groups excluding carboxylic acids is 1. The number of hydrogen-bond donors (Lipinski definition) is 1. The summed E-state index contributed by atoms with van der Waals surface area (Å²) in [6.07, 6.45) is 6.71. The highest BCUT2D eigenvalue weighted by Gasteiger charge is 2.53. The lowest BCUT2D eigenvalue weighted by Gasteiger charge is -2.40. The molecule has 0 aromatic carbocycles. The Morgan fingerprint density at radius 3 is 2.96 bits per heavy atom. The van der Waals surface area contributed by atoms with E-state index < -0.39 is 0 Å². The smallest absolute Gasteiger partial charge is 0.266 e. The van der Waals surface area contributed by atoms with Crippen LogP contribution in [0, 0.1) is 10.8 Å². The number of nitrogen functional groups attached to an aromatic ring is 1. The molecule has 1 saturated carbocycles. The summed E-state index contributed by atoms with van der Waals surface area (Å²) in [6.45, 7) is 7.86. The fourth-order valence-corrected chi connectivity index (χ4v) is 6.88. The molecule has 5 rings (SSSR count). The number of thiophene rings is 1. The number of likely N-dealkylation sites (tertiary alicyclic amines) is 1. The number of aromatic nitrogens is 1. The Kier molecular flexibility index (Phi) is 3.32. The molecule has 4 nitrogen and oxygen atoms in total. The molecule has 3 heterocycles. The van der Waals surface area contributed by atoms with Crippen molar-refractivity contribution < 1.29 is 4.79 Å². The van der Waals surface area contributed by atoms with Crippen molar-refractivity contribution in [2.75, 3.05) is 12.3 Å². The molecule has 3 aliphatic rings. The third-order valence-electron chi connectivity index (χ3n) is 7.01. The van der Waals surface area contributed by atoms with Crippen LogP contribution in [-0.4, -0.2) is 28.4 Å². The monoisotopic (exact) mass is 369 g/mol. The van der Waals surface area contributed by atoms with Crippen LogP contribution in [0.25, 0.3) is 10.2 Å². The number of carbonyl (C=O) groups is 1. The average Bonchev–Trinajstić information content (AvgIpc) is 3.20. The van der Waals surface area contributed by atoms with E-state index in [0.29, 0.717) is 22.0 Å². The molecule has 2 aliphatic carbocycles. The van der Waals surface area contributed by atoms with Crippen molar-refractivity contribution in [3.63, 3.8) is 0 Å². The largest absolute Gasteiger partial charge is 0.397 e. The van der Waals surface area contributed by atoms with E-state index in [0.717, 1.165) is 42.4 Å². The molecule has 2 unspecified atom stereocenters. The molecule has 2 bridgehead atoms. The van der Waals surface area contributed by atoms with Crippen molar-refractivity contribution in [2.24, 2.45) is 10.8 Å². The van der Waals surface area contributed by atoms with Gasteiger partial charge in [0.05, 0.1) is 5.69 Å². The molecule has 2 fully saturated rings. The molecule has 2 atom stereocenters. The Balaban J connectivity index is 1.54. The maximum atomic E-state index is 13.5. The Bertz CT molecular complexity index is 931. The van der Waals surface area contributed by atoms with Crippen LogP contribution in [-0.2, 0) is 12.8 Å². The van der Waals surface area contributed by atoms with Gasteiger partial charge in [-0.1, -0.05) is 20.8 Å². The minimum absolute atomic E-state index is 0.118. The van der Waals surface area contributed by atoms with Crippen LogP contribution in [0.15, 0.2) is 6.07 Å². The van der Waals surface area contributed by atoms with Crippen molar-refractivity contribution in [1.82, 2.24) is 9.88 Å². The van der Waals surface area contributed by atoms with Gasteiger partial charge in [0.25, 0.3) is 5.91 Å². The highest BCUT2D eigenvalue weighted by Crippen LogP contribution is 2.56. The number of fused-ring (bicyclic) bond motifs is 4. The van der Waals surface area contributed by atoms with Gasteiger partial charge in [-0.15, -0.1) is 11.3 Å². The van der Waals surface area contributed by atoms with Gasteiger partial charge in [-0.3, -0.25) is 4.79 Å². The van der Waals surface area contributed by atoms with Crippen LogP contribution < -0.4 is 5.73 Å². The molecule has 0 spiro atoms. The predicted octanol–water partition coefficient (Wildman–Crippen LogP) is 4.41. The summed E-state index contributed by atoms with van der Waals surface area (Å²) in [5.74, 6) is 0.118.